The topological polar surface area (TPSA) is 26.3 Å². The van der Waals surface area contributed by atoms with E-state index in [1.165, 1.54) is 0 Å². The van der Waals surface area contributed by atoms with Crippen molar-refractivity contribution in [3.63, 3.8) is 0 Å². The second-order valence-electron chi connectivity index (χ2n) is 0.627. The van der Waals surface area contributed by atoms with Gasteiger partial charge in [-0.1, -0.05) is 0 Å². The summed E-state index contributed by atoms with van der Waals surface area (Å²) in [5.74, 6) is 1.88. The van der Waals surface area contributed by atoms with Crippen molar-refractivity contribution in [2.45, 2.75) is 0 Å². The number of rotatable bonds is 1. The maximum Gasteiger partial charge on any atom is 0.307 e. The molecule has 0 N–H and O–H groups in total. The van der Waals surface area contributed by atoms with Gasteiger partial charge in [0.1, 0.15) is 6.11 Å². The molecule has 0 aliphatic carbocycles. The molecule has 0 aromatic heterocycles. The first-order chi connectivity index (χ1) is 3.41. The second-order valence-corrected chi connectivity index (χ2v) is 0.627. The SMILES string of the molecule is O=COC#CCF. The Morgan fingerprint density at radius 1 is 1.86 bits per heavy atom. The van der Waals surface area contributed by atoms with E-state index in [9.17, 15) is 9.18 Å². The summed E-state index contributed by atoms with van der Waals surface area (Å²) in [6.07, 6.45) is 1.79. The van der Waals surface area contributed by atoms with Crippen LogP contribution in [0.4, 0.5) is 4.39 Å². The van der Waals surface area contributed by atoms with E-state index < -0.39 is 6.67 Å². The molecule has 0 rings (SSSR count). The van der Waals surface area contributed by atoms with Crippen LogP contribution in [-0.4, -0.2) is 13.1 Å². The van der Waals surface area contributed by atoms with Gasteiger partial charge in [-0.25, -0.2) is 4.39 Å². The van der Waals surface area contributed by atoms with Crippen LogP contribution in [0, 0.1) is 12.0 Å². The molecule has 0 heterocycles. The third-order valence-corrected chi connectivity index (χ3v) is 0.246. The molecule has 2 nitrogen and oxygen atoms in total. The average molecular weight is 102 g/mol. The quantitative estimate of drug-likeness (QED) is 0.346. The van der Waals surface area contributed by atoms with Gasteiger partial charge < -0.3 is 4.74 Å². The summed E-state index contributed by atoms with van der Waals surface area (Å²) in [6, 6.07) is 0. The van der Waals surface area contributed by atoms with Crippen LogP contribution < -0.4 is 0 Å². The predicted molar refractivity (Wildman–Crippen MR) is 20.9 cm³/mol. The molecule has 0 saturated carbocycles. The summed E-state index contributed by atoms with van der Waals surface area (Å²) in [7, 11) is 0. The monoisotopic (exact) mass is 102 g/mol. The standard InChI is InChI=1S/C4H3FO2/c5-2-1-3-7-4-6/h4H,2H2. The van der Waals surface area contributed by atoms with Gasteiger partial charge >= 0.3 is 6.47 Å². The number of ether oxygens (including phenoxy) is 1. The molecule has 0 aliphatic rings. The van der Waals surface area contributed by atoms with Gasteiger partial charge in [-0.05, 0) is 5.92 Å². The van der Waals surface area contributed by atoms with Crippen LogP contribution in [0.2, 0.25) is 0 Å². The molecule has 0 radical (unpaired) electrons. The number of alkyl halides is 1. The third kappa shape index (κ3) is 4.96. The molecule has 0 saturated heterocycles. The highest BCUT2D eigenvalue weighted by Crippen LogP contribution is 1.60. The normalized spacial score (nSPS) is 5.86. The van der Waals surface area contributed by atoms with Crippen LogP contribution in [0.1, 0.15) is 0 Å². The van der Waals surface area contributed by atoms with Crippen molar-refractivity contribution in [1.82, 2.24) is 0 Å². The second kappa shape index (κ2) is 4.96. The van der Waals surface area contributed by atoms with E-state index in [1.54, 1.807) is 6.11 Å². The van der Waals surface area contributed by atoms with Gasteiger partial charge in [-0.3, -0.25) is 4.79 Å². The first kappa shape index (κ1) is 5.96. The minimum absolute atomic E-state index is 0.142. The van der Waals surface area contributed by atoms with E-state index in [4.69, 9.17) is 0 Å². The Kier molecular flexibility index (Phi) is 4.22. The van der Waals surface area contributed by atoms with Crippen LogP contribution in [0.5, 0.6) is 0 Å². The van der Waals surface area contributed by atoms with Crippen LogP contribution in [-0.2, 0) is 9.53 Å². The van der Waals surface area contributed by atoms with E-state index >= 15 is 0 Å². The van der Waals surface area contributed by atoms with Gasteiger partial charge in [0, 0.05) is 0 Å². The van der Waals surface area contributed by atoms with Crippen molar-refractivity contribution in [2.24, 2.45) is 0 Å². The summed E-state index contributed by atoms with van der Waals surface area (Å²) in [5.41, 5.74) is 0. The number of carbonyl (C=O) groups excluding carboxylic acids is 1. The number of halogens is 1. The Hall–Kier alpha value is -1.04. The van der Waals surface area contributed by atoms with Crippen LogP contribution >= 0.6 is 0 Å². The largest absolute Gasteiger partial charge is 0.375 e. The zero-order valence-electron chi connectivity index (χ0n) is 3.48. The molecule has 0 aromatic carbocycles. The van der Waals surface area contributed by atoms with Gasteiger partial charge in [-0.2, -0.15) is 0 Å². The van der Waals surface area contributed by atoms with E-state index in [0.29, 0.717) is 0 Å². The lowest BCUT2D eigenvalue weighted by atomic mass is 10.8. The van der Waals surface area contributed by atoms with Crippen molar-refractivity contribution >= 4 is 6.47 Å². The van der Waals surface area contributed by atoms with E-state index in [1.807, 2.05) is 5.92 Å². The molecule has 0 spiro atoms. The molecule has 0 aliphatic heterocycles. The van der Waals surface area contributed by atoms with Crippen LogP contribution in [0.25, 0.3) is 0 Å². The summed E-state index contributed by atoms with van der Waals surface area (Å²) in [5, 5.41) is 0. The smallest absolute Gasteiger partial charge is 0.307 e. The molecule has 0 aromatic rings. The molecule has 0 fully saturated rings. The Morgan fingerprint density at radius 2 is 2.57 bits per heavy atom. The van der Waals surface area contributed by atoms with E-state index in [-0.39, 0.29) is 6.47 Å². The van der Waals surface area contributed by atoms with Crippen molar-refractivity contribution in [3.05, 3.63) is 0 Å². The summed E-state index contributed by atoms with van der Waals surface area (Å²) in [6.45, 7) is -0.642. The first-order valence-corrected chi connectivity index (χ1v) is 1.55. The van der Waals surface area contributed by atoms with E-state index in [2.05, 4.69) is 4.74 Å². The fourth-order valence-electron chi connectivity index (χ4n) is 0.0930. The highest BCUT2D eigenvalue weighted by molar-refractivity contribution is 5.39. The lowest BCUT2D eigenvalue weighted by Crippen LogP contribution is -1.72. The maximum absolute atomic E-state index is 10.9. The minimum Gasteiger partial charge on any atom is -0.375 e. The van der Waals surface area contributed by atoms with E-state index in [0.717, 1.165) is 0 Å². The van der Waals surface area contributed by atoms with Crippen molar-refractivity contribution in [3.8, 4) is 12.0 Å². The lowest BCUT2D eigenvalue weighted by Gasteiger charge is -1.69. The zero-order valence-corrected chi connectivity index (χ0v) is 3.48. The zero-order chi connectivity index (χ0) is 5.54. The summed E-state index contributed by atoms with van der Waals surface area (Å²) >= 11 is 0. The molecular formula is C4H3FO2. The van der Waals surface area contributed by atoms with Gasteiger partial charge in [-0.15, -0.1) is 0 Å². The first-order valence-electron chi connectivity index (χ1n) is 1.55. The third-order valence-electron chi connectivity index (χ3n) is 0.246. The fraction of sp³-hybridized carbons (Fsp3) is 0.250. The van der Waals surface area contributed by atoms with Crippen LogP contribution in [0.3, 0.4) is 0 Å². The lowest BCUT2D eigenvalue weighted by molar-refractivity contribution is -0.122. The van der Waals surface area contributed by atoms with Crippen molar-refractivity contribution in [2.75, 3.05) is 6.67 Å². The van der Waals surface area contributed by atoms with Crippen molar-refractivity contribution in [1.29, 1.82) is 0 Å². The van der Waals surface area contributed by atoms with Gasteiger partial charge in [0.05, 0.1) is 0 Å². The molecule has 0 unspecified atom stereocenters. The summed E-state index contributed by atoms with van der Waals surface area (Å²) in [4.78, 5) is 9.23. The van der Waals surface area contributed by atoms with Crippen LogP contribution in [0.15, 0.2) is 0 Å². The molecular weight excluding hydrogens is 99.0 g/mol. The Bertz CT molecular complexity index is 100.0. The number of hydrogen-bond acceptors (Lipinski definition) is 2. The maximum atomic E-state index is 10.9. The molecule has 38 valence electrons. The average Bonchev–Trinajstić information content (AvgIpc) is 1.69. The summed E-state index contributed by atoms with van der Waals surface area (Å²) < 4.78 is 14.7. The minimum atomic E-state index is -0.784. The number of hydrogen-bond donors (Lipinski definition) is 0. The van der Waals surface area contributed by atoms with Gasteiger partial charge in [0.25, 0.3) is 0 Å². The molecule has 0 bridgehead atoms. The highest BCUT2D eigenvalue weighted by Gasteiger charge is 1.63. The van der Waals surface area contributed by atoms with Gasteiger partial charge in [0.15, 0.2) is 6.67 Å². The van der Waals surface area contributed by atoms with Gasteiger partial charge in [0.2, 0.25) is 0 Å². The molecule has 7 heavy (non-hydrogen) atoms. The van der Waals surface area contributed by atoms with Crippen molar-refractivity contribution < 1.29 is 13.9 Å². The Morgan fingerprint density at radius 3 is 3.00 bits per heavy atom. The highest BCUT2D eigenvalue weighted by atomic mass is 19.1. The molecule has 0 amide bonds. The Balaban J connectivity index is 3.06. The molecule has 0 atom stereocenters. The molecule has 3 heteroatoms. The fourth-order valence-corrected chi connectivity index (χ4v) is 0.0930. The number of carbonyl (C=O) groups is 1. The predicted octanol–water partition coefficient (Wildman–Crippen LogP) is 0.0898. The Labute approximate surface area is 40.3 Å².